The fourth-order valence-electron chi connectivity index (χ4n) is 2.12. The van der Waals surface area contributed by atoms with Gasteiger partial charge in [-0.2, -0.15) is 0 Å². The summed E-state index contributed by atoms with van der Waals surface area (Å²) in [6.07, 6.45) is 0. The van der Waals surface area contributed by atoms with Crippen molar-refractivity contribution in [3.05, 3.63) is 58.7 Å². The molecule has 2 aromatic rings. The largest absolute Gasteiger partial charge is 0.490 e. The van der Waals surface area contributed by atoms with Crippen molar-refractivity contribution in [1.82, 2.24) is 0 Å². The van der Waals surface area contributed by atoms with Crippen molar-refractivity contribution in [3.8, 4) is 11.5 Å². The number of ether oxygens (including phenoxy) is 2. The van der Waals surface area contributed by atoms with Crippen LogP contribution in [0.25, 0.3) is 0 Å². The highest BCUT2D eigenvalue weighted by molar-refractivity contribution is 5.43. The van der Waals surface area contributed by atoms with E-state index in [0.717, 1.165) is 22.6 Å². The summed E-state index contributed by atoms with van der Waals surface area (Å²) in [7, 11) is 0. The van der Waals surface area contributed by atoms with Crippen molar-refractivity contribution < 1.29 is 9.47 Å². The quantitative estimate of drug-likeness (QED) is 0.879. The van der Waals surface area contributed by atoms with Gasteiger partial charge >= 0.3 is 0 Å². The van der Waals surface area contributed by atoms with Crippen LogP contribution in [0.4, 0.5) is 0 Å². The summed E-state index contributed by atoms with van der Waals surface area (Å²) < 4.78 is 11.5. The van der Waals surface area contributed by atoms with Crippen LogP contribution >= 0.6 is 0 Å². The molecule has 3 heteroatoms. The Bertz CT molecular complexity index is 608. The van der Waals surface area contributed by atoms with Gasteiger partial charge in [0, 0.05) is 6.54 Å². The van der Waals surface area contributed by atoms with Crippen LogP contribution in [0.1, 0.15) is 29.2 Å². The maximum Gasteiger partial charge on any atom is 0.161 e. The van der Waals surface area contributed by atoms with Gasteiger partial charge in [-0.1, -0.05) is 24.3 Å². The lowest BCUT2D eigenvalue weighted by molar-refractivity contribution is 0.269. The summed E-state index contributed by atoms with van der Waals surface area (Å²) in [5, 5.41) is 0. The molecule has 0 aliphatic rings. The lowest BCUT2D eigenvalue weighted by atomic mass is 10.1. The molecule has 0 saturated heterocycles. The van der Waals surface area contributed by atoms with E-state index in [1.807, 2.05) is 25.1 Å². The first-order valence-electron chi connectivity index (χ1n) is 7.28. The minimum absolute atomic E-state index is 0.498. The molecule has 0 saturated carbocycles. The van der Waals surface area contributed by atoms with Crippen molar-refractivity contribution in [2.45, 2.75) is 33.9 Å². The van der Waals surface area contributed by atoms with E-state index in [2.05, 4.69) is 32.0 Å². The zero-order valence-electron chi connectivity index (χ0n) is 13.0. The second-order valence-corrected chi connectivity index (χ2v) is 5.13. The Kier molecular flexibility index (Phi) is 5.23. The average molecular weight is 285 g/mol. The second-order valence-electron chi connectivity index (χ2n) is 5.13. The standard InChI is InChI=1S/C18H23NO2/c1-4-20-18-10-15(11-19)7-8-17(18)21-12-16-6-5-13(2)14(3)9-16/h5-10H,4,11-12,19H2,1-3H3. The van der Waals surface area contributed by atoms with Gasteiger partial charge < -0.3 is 15.2 Å². The Morgan fingerprint density at radius 1 is 0.857 bits per heavy atom. The zero-order valence-corrected chi connectivity index (χ0v) is 13.0. The van der Waals surface area contributed by atoms with E-state index >= 15 is 0 Å². The van der Waals surface area contributed by atoms with Crippen molar-refractivity contribution in [1.29, 1.82) is 0 Å². The van der Waals surface area contributed by atoms with Gasteiger partial charge in [-0.3, -0.25) is 0 Å². The van der Waals surface area contributed by atoms with Crippen LogP contribution in [0.3, 0.4) is 0 Å². The third kappa shape index (κ3) is 3.99. The molecule has 0 atom stereocenters. The molecule has 0 bridgehead atoms. The SMILES string of the molecule is CCOc1cc(CN)ccc1OCc1ccc(C)c(C)c1. The highest BCUT2D eigenvalue weighted by Crippen LogP contribution is 2.29. The van der Waals surface area contributed by atoms with Crippen molar-refractivity contribution in [2.24, 2.45) is 5.73 Å². The molecule has 0 radical (unpaired) electrons. The highest BCUT2D eigenvalue weighted by Gasteiger charge is 2.07. The molecule has 0 aromatic heterocycles. The summed E-state index contributed by atoms with van der Waals surface area (Å²) in [5.74, 6) is 1.51. The average Bonchev–Trinajstić information content (AvgIpc) is 2.49. The molecule has 21 heavy (non-hydrogen) atoms. The fourth-order valence-corrected chi connectivity index (χ4v) is 2.12. The van der Waals surface area contributed by atoms with E-state index in [9.17, 15) is 0 Å². The van der Waals surface area contributed by atoms with E-state index < -0.39 is 0 Å². The Hall–Kier alpha value is -2.00. The molecule has 0 aliphatic heterocycles. The van der Waals surface area contributed by atoms with Crippen LogP contribution in [0.5, 0.6) is 11.5 Å². The monoisotopic (exact) mass is 285 g/mol. The predicted molar refractivity (Wildman–Crippen MR) is 85.8 cm³/mol. The zero-order chi connectivity index (χ0) is 15.2. The van der Waals surface area contributed by atoms with E-state index in [0.29, 0.717) is 19.8 Å². The van der Waals surface area contributed by atoms with Crippen LogP contribution in [-0.4, -0.2) is 6.61 Å². The van der Waals surface area contributed by atoms with Crippen molar-refractivity contribution in [3.63, 3.8) is 0 Å². The molecule has 2 aromatic carbocycles. The first-order valence-corrected chi connectivity index (χ1v) is 7.28. The smallest absolute Gasteiger partial charge is 0.161 e. The lowest BCUT2D eigenvalue weighted by Gasteiger charge is -2.13. The lowest BCUT2D eigenvalue weighted by Crippen LogP contribution is -2.02. The first-order chi connectivity index (χ1) is 10.1. The van der Waals surface area contributed by atoms with Gasteiger partial charge in [0.15, 0.2) is 11.5 Å². The van der Waals surface area contributed by atoms with E-state index in [4.69, 9.17) is 15.2 Å². The van der Waals surface area contributed by atoms with Gasteiger partial charge in [0.25, 0.3) is 0 Å². The van der Waals surface area contributed by atoms with Gasteiger partial charge in [-0.25, -0.2) is 0 Å². The topological polar surface area (TPSA) is 44.5 Å². The Labute approximate surface area is 126 Å². The number of hydrogen-bond acceptors (Lipinski definition) is 3. The van der Waals surface area contributed by atoms with Gasteiger partial charge in [0.2, 0.25) is 0 Å². The molecular formula is C18H23NO2. The van der Waals surface area contributed by atoms with E-state index in [-0.39, 0.29) is 0 Å². The third-order valence-electron chi connectivity index (χ3n) is 3.51. The summed E-state index contributed by atoms with van der Waals surface area (Å²) in [6.45, 7) is 7.82. The molecule has 112 valence electrons. The Morgan fingerprint density at radius 3 is 2.29 bits per heavy atom. The number of hydrogen-bond donors (Lipinski definition) is 1. The second kappa shape index (κ2) is 7.14. The molecular weight excluding hydrogens is 262 g/mol. The molecule has 0 amide bonds. The Balaban J connectivity index is 2.13. The number of aryl methyl sites for hydroxylation is 2. The maximum atomic E-state index is 5.90. The van der Waals surface area contributed by atoms with Crippen LogP contribution in [0.15, 0.2) is 36.4 Å². The van der Waals surface area contributed by atoms with E-state index in [1.54, 1.807) is 0 Å². The normalized spacial score (nSPS) is 10.5. The van der Waals surface area contributed by atoms with Crippen LogP contribution in [0.2, 0.25) is 0 Å². The van der Waals surface area contributed by atoms with Crippen LogP contribution in [-0.2, 0) is 13.2 Å². The van der Waals surface area contributed by atoms with Gasteiger partial charge in [-0.05, 0) is 55.2 Å². The third-order valence-corrected chi connectivity index (χ3v) is 3.51. The predicted octanol–water partition coefficient (Wildman–Crippen LogP) is 3.74. The number of benzene rings is 2. The first kappa shape index (κ1) is 15.4. The summed E-state index contributed by atoms with van der Waals surface area (Å²) in [6, 6.07) is 12.2. The van der Waals surface area contributed by atoms with E-state index in [1.165, 1.54) is 11.1 Å². The maximum absolute atomic E-state index is 5.90. The minimum Gasteiger partial charge on any atom is -0.490 e. The van der Waals surface area contributed by atoms with Crippen LogP contribution in [0, 0.1) is 13.8 Å². The summed E-state index contributed by atoms with van der Waals surface area (Å²) in [5.41, 5.74) is 10.4. The summed E-state index contributed by atoms with van der Waals surface area (Å²) >= 11 is 0. The molecule has 0 spiro atoms. The summed E-state index contributed by atoms with van der Waals surface area (Å²) in [4.78, 5) is 0. The molecule has 0 unspecified atom stereocenters. The molecule has 2 rings (SSSR count). The molecule has 0 fully saturated rings. The van der Waals surface area contributed by atoms with Crippen molar-refractivity contribution >= 4 is 0 Å². The number of rotatable bonds is 6. The minimum atomic E-state index is 0.498. The van der Waals surface area contributed by atoms with Gasteiger partial charge in [0.05, 0.1) is 6.61 Å². The molecule has 3 nitrogen and oxygen atoms in total. The fraction of sp³-hybridized carbons (Fsp3) is 0.333. The molecule has 0 aliphatic carbocycles. The van der Waals surface area contributed by atoms with Crippen LogP contribution < -0.4 is 15.2 Å². The van der Waals surface area contributed by atoms with Crippen molar-refractivity contribution in [2.75, 3.05) is 6.61 Å². The molecule has 2 N–H and O–H groups in total. The van der Waals surface area contributed by atoms with Gasteiger partial charge in [0.1, 0.15) is 6.61 Å². The highest BCUT2D eigenvalue weighted by atomic mass is 16.5. The van der Waals surface area contributed by atoms with Gasteiger partial charge in [-0.15, -0.1) is 0 Å². The number of nitrogens with two attached hydrogens (primary N) is 1. The molecule has 0 heterocycles. The Morgan fingerprint density at radius 2 is 1.62 bits per heavy atom.